The lowest BCUT2D eigenvalue weighted by Gasteiger charge is -2.15. The maximum absolute atomic E-state index is 14.0. The van der Waals surface area contributed by atoms with E-state index in [4.69, 9.17) is 9.47 Å². The van der Waals surface area contributed by atoms with Crippen molar-refractivity contribution in [3.8, 4) is 0 Å². The molecular formula is C11H13FO2S2. The molecule has 0 unspecified atom stereocenters. The molecule has 16 heavy (non-hydrogen) atoms. The van der Waals surface area contributed by atoms with Gasteiger partial charge >= 0.3 is 0 Å². The molecule has 0 N–H and O–H groups in total. The van der Waals surface area contributed by atoms with Crippen LogP contribution in [0.4, 0.5) is 4.39 Å². The molecule has 0 bridgehead atoms. The van der Waals surface area contributed by atoms with Crippen LogP contribution in [-0.4, -0.2) is 25.7 Å². The predicted molar refractivity (Wildman–Crippen MR) is 64.6 cm³/mol. The maximum atomic E-state index is 14.0. The van der Waals surface area contributed by atoms with Crippen molar-refractivity contribution < 1.29 is 13.9 Å². The lowest BCUT2D eigenvalue weighted by molar-refractivity contribution is -0.0464. The average Bonchev–Trinajstić information content (AvgIpc) is 2.82. The van der Waals surface area contributed by atoms with Gasteiger partial charge in [0.2, 0.25) is 0 Å². The van der Waals surface area contributed by atoms with E-state index < -0.39 is 6.29 Å². The second kappa shape index (κ2) is 5.40. The van der Waals surface area contributed by atoms with Crippen LogP contribution in [0.2, 0.25) is 0 Å². The number of benzene rings is 1. The summed E-state index contributed by atoms with van der Waals surface area (Å²) in [5.74, 6) is -0.170. The molecule has 0 atom stereocenters. The van der Waals surface area contributed by atoms with Crippen molar-refractivity contribution in [2.45, 2.75) is 16.1 Å². The standard InChI is InChI=1S/C11H13FO2S2/c1-15-8-4-3-7(10(16-2)9(8)12)11-13-5-6-14-11/h3-4,11H,5-6H2,1-2H3. The molecule has 1 heterocycles. The predicted octanol–water partition coefficient (Wildman–Crippen LogP) is 3.31. The van der Waals surface area contributed by atoms with E-state index in [1.807, 2.05) is 18.6 Å². The van der Waals surface area contributed by atoms with Gasteiger partial charge in [0, 0.05) is 10.5 Å². The summed E-state index contributed by atoms with van der Waals surface area (Å²) < 4.78 is 24.8. The Morgan fingerprint density at radius 2 is 1.88 bits per heavy atom. The van der Waals surface area contributed by atoms with Crippen molar-refractivity contribution in [2.75, 3.05) is 25.7 Å². The first-order valence-electron chi connectivity index (χ1n) is 4.91. The number of ether oxygens (including phenoxy) is 2. The molecule has 88 valence electrons. The van der Waals surface area contributed by atoms with E-state index in [0.717, 1.165) is 5.56 Å². The van der Waals surface area contributed by atoms with Gasteiger partial charge in [-0.3, -0.25) is 0 Å². The van der Waals surface area contributed by atoms with Gasteiger partial charge in [0.1, 0.15) is 0 Å². The third-order valence-electron chi connectivity index (χ3n) is 2.39. The van der Waals surface area contributed by atoms with Gasteiger partial charge in [-0.1, -0.05) is 6.07 Å². The summed E-state index contributed by atoms with van der Waals surface area (Å²) in [7, 11) is 0. The van der Waals surface area contributed by atoms with Crippen LogP contribution < -0.4 is 0 Å². The maximum Gasteiger partial charge on any atom is 0.185 e. The quantitative estimate of drug-likeness (QED) is 0.776. The second-order valence-corrected chi connectivity index (χ2v) is 4.94. The minimum Gasteiger partial charge on any atom is -0.346 e. The Bertz CT molecular complexity index is 378. The lowest BCUT2D eigenvalue weighted by Crippen LogP contribution is -2.02. The molecule has 0 saturated carbocycles. The summed E-state index contributed by atoms with van der Waals surface area (Å²) in [5, 5.41) is 0. The molecular weight excluding hydrogens is 247 g/mol. The smallest absolute Gasteiger partial charge is 0.185 e. The summed E-state index contributed by atoms with van der Waals surface area (Å²) in [6.07, 6.45) is 3.32. The molecule has 0 aromatic heterocycles. The fourth-order valence-electron chi connectivity index (χ4n) is 1.64. The number of halogens is 1. The normalized spacial score (nSPS) is 16.9. The summed E-state index contributed by atoms with van der Waals surface area (Å²) in [6.45, 7) is 1.15. The van der Waals surface area contributed by atoms with E-state index >= 15 is 0 Å². The third-order valence-corrected chi connectivity index (χ3v) is 3.97. The molecule has 0 radical (unpaired) electrons. The van der Waals surface area contributed by atoms with Crippen LogP contribution in [0.5, 0.6) is 0 Å². The zero-order chi connectivity index (χ0) is 11.5. The Hall–Kier alpha value is -0.230. The Labute approximate surface area is 103 Å². The summed E-state index contributed by atoms with van der Waals surface area (Å²) in [4.78, 5) is 1.28. The zero-order valence-corrected chi connectivity index (χ0v) is 10.8. The number of hydrogen-bond acceptors (Lipinski definition) is 4. The van der Waals surface area contributed by atoms with E-state index in [-0.39, 0.29) is 5.82 Å². The molecule has 0 aliphatic carbocycles. The Morgan fingerprint density at radius 1 is 1.19 bits per heavy atom. The number of hydrogen-bond donors (Lipinski definition) is 0. The summed E-state index contributed by atoms with van der Waals surface area (Å²) >= 11 is 2.80. The molecule has 1 aromatic rings. The summed E-state index contributed by atoms with van der Waals surface area (Å²) in [6, 6.07) is 3.66. The van der Waals surface area contributed by atoms with Crippen molar-refractivity contribution in [3.05, 3.63) is 23.5 Å². The second-order valence-electron chi connectivity index (χ2n) is 3.28. The Morgan fingerprint density at radius 3 is 2.44 bits per heavy atom. The largest absolute Gasteiger partial charge is 0.346 e. The number of thioether (sulfide) groups is 2. The molecule has 2 rings (SSSR count). The number of rotatable bonds is 3. The molecule has 1 fully saturated rings. The molecule has 1 saturated heterocycles. The van der Waals surface area contributed by atoms with Gasteiger partial charge in [0.05, 0.1) is 18.1 Å². The van der Waals surface area contributed by atoms with Gasteiger partial charge in [-0.05, 0) is 18.6 Å². The van der Waals surface area contributed by atoms with Crippen LogP contribution in [0.15, 0.2) is 21.9 Å². The zero-order valence-electron chi connectivity index (χ0n) is 9.16. The third kappa shape index (κ3) is 2.22. The highest BCUT2D eigenvalue weighted by atomic mass is 32.2. The highest BCUT2D eigenvalue weighted by Crippen LogP contribution is 2.36. The first-order chi connectivity index (χ1) is 7.77. The average molecular weight is 260 g/mol. The Balaban J connectivity index is 2.40. The van der Waals surface area contributed by atoms with E-state index in [0.29, 0.717) is 23.0 Å². The minimum atomic E-state index is -0.409. The van der Waals surface area contributed by atoms with Crippen molar-refractivity contribution in [1.29, 1.82) is 0 Å². The first kappa shape index (κ1) is 12.2. The SMILES string of the molecule is CSc1ccc(C2OCCO2)c(SC)c1F. The van der Waals surface area contributed by atoms with Crippen LogP contribution in [0.3, 0.4) is 0 Å². The van der Waals surface area contributed by atoms with Crippen molar-refractivity contribution in [1.82, 2.24) is 0 Å². The van der Waals surface area contributed by atoms with E-state index in [1.54, 1.807) is 6.07 Å². The molecule has 2 nitrogen and oxygen atoms in total. The van der Waals surface area contributed by atoms with Gasteiger partial charge in [-0.25, -0.2) is 4.39 Å². The lowest BCUT2D eigenvalue weighted by atomic mass is 10.2. The van der Waals surface area contributed by atoms with E-state index in [1.165, 1.54) is 23.5 Å². The summed E-state index contributed by atoms with van der Waals surface area (Å²) in [5.41, 5.74) is 0.792. The van der Waals surface area contributed by atoms with Gasteiger partial charge in [-0.15, -0.1) is 23.5 Å². The molecule has 1 aromatic carbocycles. The van der Waals surface area contributed by atoms with E-state index in [9.17, 15) is 4.39 Å². The van der Waals surface area contributed by atoms with E-state index in [2.05, 4.69) is 0 Å². The fourth-order valence-corrected chi connectivity index (χ4v) is 2.88. The van der Waals surface area contributed by atoms with Gasteiger partial charge in [0.15, 0.2) is 12.1 Å². The van der Waals surface area contributed by atoms with Gasteiger partial charge in [-0.2, -0.15) is 0 Å². The first-order valence-corrected chi connectivity index (χ1v) is 7.36. The van der Waals surface area contributed by atoms with Crippen molar-refractivity contribution in [3.63, 3.8) is 0 Å². The van der Waals surface area contributed by atoms with Crippen LogP contribution >= 0.6 is 23.5 Å². The molecule has 1 aliphatic heterocycles. The minimum absolute atomic E-state index is 0.170. The highest BCUT2D eigenvalue weighted by Gasteiger charge is 2.24. The topological polar surface area (TPSA) is 18.5 Å². The van der Waals surface area contributed by atoms with Crippen molar-refractivity contribution >= 4 is 23.5 Å². The van der Waals surface area contributed by atoms with Crippen molar-refractivity contribution in [2.24, 2.45) is 0 Å². The van der Waals surface area contributed by atoms with Crippen LogP contribution in [0, 0.1) is 5.82 Å². The molecule has 0 amide bonds. The Kier molecular flexibility index (Phi) is 4.13. The molecule has 0 spiro atoms. The molecule has 5 heteroatoms. The molecule has 1 aliphatic rings. The van der Waals surface area contributed by atoms with Gasteiger partial charge in [0.25, 0.3) is 0 Å². The monoisotopic (exact) mass is 260 g/mol. The van der Waals surface area contributed by atoms with Crippen LogP contribution in [0.25, 0.3) is 0 Å². The van der Waals surface area contributed by atoms with Crippen LogP contribution in [0.1, 0.15) is 11.9 Å². The van der Waals surface area contributed by atoms with Crippen LogP contribution in [-0.2, 0) is 9.47 Å². The highest BCUT2D eigenvalue weighted by molar-refractivity contribution is 7.99. The van der Waals surface area contributed by atoms with Gasteiger partial charge < -0.3 is 9.47 Å². The fraction of sp³-hybridized carbons (Fsp3) is 0.455.